The molecule has 0 fully saturated rings. The van der Waals surface area contributed by atoms with Crippen molar-refractivity contribution in [2.45, 2.75) is 6.92 Å². The van der Waals surface area contributed by atoms with Gasteiger partial charge < -0.3 is 14.5 Å². The fourth-order valence-electron chi connectivity index (χ4n) is 0.809. The quantitative estimate of drug-likeness (QED) is 0.488. The van der Waals surface area contributed by atoms with E-state index in [9.17, 15) is 4.79 Å². The third kappa shape index (κ3) is 4.67. The van der Waals surface area contributed by atoms with Crippen LogP contribution in [-0.2, 0) is 9.53 Å². The first-order chi connectivity index (χ1) is 5.99. The van der Waals surface area contributed by atoms with Crippen LogP contribution in [0.1, 0.15) is 6.92 Å². The fraction of sp³-hybridized carbons (Fsp3) is 0.750. The first-order valence-electron chi connectivity index (χ1n) is 4.07. The summed E-state index contributed by atoms with van der Waals surface area (Å²) >= 11 is 5.05. The van der Waals surface area contributed by atoms with Gasteiger partial charge in [0.2, 0.25) is 0 Å². The molecule has 76 valence electrons. The van der Waals surface area contributed by atoms with E-state index in [1.807, 2.05) is 14.1 Å². The SMILES string of the molecule is CCOC(=O)CN(C)C(=S)N(C)C. The molecule has 0 bridgehead atoms. The van der Waals surface area contributed by atoms with E-state index in [1.165, 1.54) is 0 Å². The Bertz CT molecular complexity index is 195. The largest absolute Gasteiger partial charge is 0.465 e. The van der Waals surface area contributed by atoms with Crippen molar-refractivity contribution in [3.8, 4) is 0 Å². The van der Waals surface area contributed by atoms with Crippen LogP contribution in [0.15, 0.2) is 0 Å². The Morgan fingerprint density at radius 3 is 2.31 bits per heavy atom. The highest BCUT2D eigenvalue weighted by atomic mass is 32.1. The van der Waals surface area contributed by atoms with Crippen molar-refractivity contribution in [1.82, 2.24) is 9.80 Å². The van der Waals surface area contributed by atoms with Gasteiger partial charge in [-0.3, -0.25) is 4.79 Å². The number of likely N-dealkylation sites (N-methyl/N-ethyl adjacent to an activating group) is 1. The number of nitrogens with zero attached hydrogens (tertiary/aromatic N) is 2. The van der Waals surface area contributed by atoms with E-state index in [0.29, 0.717) is 11.7 Å². The predicted octanol–water partition coefficient (Wildman–Crippen LogP) is 0.328. The zero-order valence-corrected chi connectivity index (χ0v) is 9.35. The topological polar surface area (TPSA) is 32.8 Å². The predicted molar refractivity (Wildman–Crippen MR) is 55.5 cm³/mol. The number of thiocarbonyl (C=S) groups is 1. The summed E-state index contributed by atoms with van der Waals surface area (Å²) in [6, 6.07) is 0. The van der Waals surface area contributed by atoms with Crippen LogP contribution >= 0.6 is 12.2 Å². The van der Waals surface area contributed by atoms with Crippen molar-refractivity contribution in [3.63, 3.8) is 0 Å². The third-order valence-corrected chi connectivity index (χ3v) is 2.06. The lowest BCUT2D eigenvalue weighted by atomic mass is 10.6. The van der Waals surface area contributed by atoms with Crippen LogP contribution in [0.3, 0.4) is 0 Å². The highest BCUT2D eigenvalue weighted by molar-refractivity contribution is 7.80. The standard InChI is InChI=1S/C8H16N2O2S/c1-5-12-7(11)6-10(4)8(13)9(2)3/h5-6H2,1-4H3. The maximum Gasteiger partial charge on any atom is 0.325 e. The average molecular weight is 204 g/mol. The van der Waals surface area contributed by atoms with Crippen molar-refractivity contribution in [2.75, 3.05) is 34.3 Å². The molecule has 0 spiro atoms. The zero-order chi connectivity index (χ0) is 10.4. The Morgan fingerprint density at radius 1 is 1.38 bits per heavy atom. The maximum absolute atomic E-state index is 11.0. The molecule has 0 aromatic heterocycles. The summed E-state index contributed by atoms with van der Waals surface area (Å²) in [4.78, 5) is 14.5. The van der Waals surface area contributed by atoms with E-state index < -0.39 is 0 Å². The molecule has 0 amide bonds. The summed E-state index contributed by atoms with van der Waals surface area (Å²) in [5, 5.41) is 0.619. The van der Waals surface area contributed by atoms with Gasteiger partial charge in [-0.05, 0) is 19.1 Å². The average Bonchev–Trinajstić information content (AvgIpc) is 2.03. The Labute approximate surface area is 84.4 Å². The Hall–Kier alpha value is -0.840. The van der Waals surface area contributed by atoms with Crippen LogP contribution in [0.5, 0.6) is 0 Å². The van der Waals surface area contributed by atoms with Gasteiger partial charge >= 0.3 is 5.97 Å². The summed E-state index contributed by atoms with van der Waals surface area (Å²) in [5.41, 5.74) is 0. The molecule has 0 aliphatic carbocycles. The van der Waals surface area contributed by atoms with Crippen molar-refractivity contribution >= 4 is 23.3 Å². The molecule has 0 aliphatic heterocycles. The number of hydrogen-bond acceptors (Lipinski definition) is 3. The van der Waals surface area contributed by atoms with Gasteiger partial charge in [0, 0.05) is 21.1 Å². The molecule has 0 saturated carbocycles. The second-order valence-corrected chi connectivity index (χ2v) is 3.20. The number of hydrogen-bond donors (Lipinski definition) is 0. The molecular formula is C8H16N2O2S. The molecular weight excluding hydrogens is 188 g/mol. The molecule has 0 N–H and O–H groups in total. The van der Waals surface area contributed by atoms with Crippen LogP contribution in [0.4, 0.5) is 0 Å². The minimum absolute atomic E-state index is 0.199. The normalized spacial score (nSPS) is 9.23. The van der Waals surface area contributed by atoms with Gasteiger partial charge in [0.1, 0.15) is 6.54 Å². The van der Waals surface area contributed by atoms with E-state index in [0.717, 1.165) is 0 Å². The molecule has 5 heteroatoms. The van der Waals surface area contributed by atoms with Crippen LogP contribution in [0, 0.1) is 0 Å². The Balaban J connectivity index is 3.92. The van der Waals surface area contributed by atoms with E-state index in [2.05, 4.69) is 0 Å². The summed E-state index contributed by atoms with van der Waals surface area (Å²) in [5.74, 6) is -0.255. The fourth-order valence-corrected chi connectivity index (χ4v) is 0.874. The second-order valence-electron chi connectivity index (χ2n) is 2.84. The van der Waals surface area contributed by atoms with Gasteiger partial charge in [0.25, 0.3) is 0 Å². The summed E-state index contributed by atoms with van der Waals surface area (Å²) < 4.78 is 4.78. The van der Waals surface area contributed by atoms with Crippen molar-refractivity contribution in [1.29, 1.82) is 0 Å². The number of ether oxygens (including phenoxy) is 1. The molecule has 0 saturated heterocycles. The van der Waals surface area contributed by atoms with Crippen LogP contribution in [0.25, 0.3) is 0 Å². The van der Waals surface area contributed by atoms with Crippen molar-refractivity contribution in [3.05, 3.63) is 0 Å². The number of esters is 1. The third-order valence-electron chi connectivity index (χ3n) is 1.38. The maximum atomic E-state index is 11.0. The first kappa shape index (κ1) is 12.2. The van der Waals surface area contributed by atoms with Crippen molar-refractivity contribution < 1.29 is 9.53 Å². The molecule has 0 radical (unpaired) electrons. The van der Waals surface area contributed by atoms with E-state index >= 15 is 0 Å². The lowest BCUT2D eigenvalue weighted by Gasteiger charge is -2.23. The highest BCUT2D eigenvalue weighted by Crippen LogP contribution is 1.92. The van der Waals surface area contributed by atoms with Gasteiger partial charge in [-0.25, -0.2) is 0 Å². The van der Waals surface area contributed by atoms with Crippen LogP contribution < -0.4 is 0 Å². The molecule has 0 aromatic carbocycles. The Kier molecular flexibility index (Phi) is 5.37. The van der Waals surface area contributed by atoms with Gasteiger partial charge in [0.15, 0.2) is 5.11 Å². The van der Waals surface area contributed by atoms with Gasteiger partial charge in [0.05, 0.1) is 6.61 Å². The summed E-state index contributed by atoms with van der Waals surface area (Å²) in [6.45, 7) is 2.38. The molecule has 0 atom stereocenters. The molecule has 0 rings (SSSR count). The first-order valence-corrected chi connectivity index (χ1v) is 4.48. The number of carbonyl (C=O) groups excluding carboxylic acids is 1. The van der Waals surface area contributed by atoms with E-state index in [-0.39, 0.29) is 12.5 Å². The molecule has 4 nitrogen and oxygen atoms in total. The number of carbonyl (C=O) groups is 1. The lowest BCUT2D eigenvalue weighted by Crippen LogP contribution is -2.39. The van der Waals surface area contributed by atoms with Gasteiger partial charge in [-0.1, -0.05) is 0 Å². The zero-order valence-electron chi connectivity index (χ0n) is 8.53. The van der Waals surface area contributed by atoms with Crippen molar-refractivity contribution in [2.24, 2.45) is 0 Å². The Morgan fingerprint density at radius 2 is 1.92 bits per heavy atom. The number of rotatable bonds is 3. The minimum Gasteiger partial charge on any atom is -0.465 e. The molecule has 0 aromatic rings. The van der Waals surface area contributed by atoms with Gasteiger partial charge in [-0.2, -0.15) is 0 Å². The molecule has 0 heterocycles. The molecule has 13 heavy (non-hydrogen) atoms. The van der Waals surface area contributed by atoms with Gasteiger partial charge in [-0.15, -0.1) is 0 Å². The minimum atomic E-state index is -0.255. The highest BCUT2D eigenvalue weighted by Gasteiger charge is 2.10. The van der Waals surface area contributed by atoms with E-state index in [4.69, 9.17) is 17.0 Å². The smallest absolute Gasteiger partial charge is 0.325 e. The van der Waals surface area contributed by atoms with E-state index in [1.54, 1.807) is 23.8 Å². The van der Waals surface area contributed by atoms with Crippen LogP contribution in [-0.4, -0.2) is 55.2 Å². The second kappa shape index (κ2) is 5.75. The summed E-state index contributed by atoms with van der Waals surface area (Å²) in [7, 11) is 5.44. The summed E-state index contributed by atoms with van der Waals surface area (Å²) in [6.07, 6.45) is 0. The lowest BCUT2D eigenvalue weighted by molar-refractivity contribution is -0.143. The molecule has 0 aliphatic rings. The molecule has 0 unspecified atom stereocenters. The monoisotopic (exact) mass is 204 g/mol. The van der Waals surface area contributed by atoms with Crippen LogP contribution in [0.2, 0.25) is 0 Å².